The molecule has 0 unspecified atom stereocenters. The van der Waals surface area contributed by atoms with E-state index in [2.05, 4.69) is 41.6 Å². The zero-order chi connectivity index (χ0) is 11.5. The second-order valence-corrected chi connectivity index (χ2v) is 5.05. The molecular weight excluding hydrogens is 313 g/mol. The van der Waals surface area contributed by atoms with Gasteiger partial charge in [0.25, 0.3) is 5.56 Å². The molecule has 0 amide bonds. The molecule has 0 fully saturated rings. The lowest BCUT2D eigenvalue weighted by molar-refractivity contribution is 0.755. The van der Waals surface area contributed by atoms with E-state index < -0.39 is 0 Å². The molecule has 0 saturated heterocycles. The normalized spacial score (nSPS) is 10.4. The van der Waals surface area contributed by atoms with Crippen molar-refractivity contribution >= 4 is 22.6 Å². The maximum atomic E-state index is 11.6. The summed E-state index contributed by atoms with van der Waals surface area (Å²) in [4.78, 5) is 11.6. The quantitative estimate of drug-likeness (QED) is 0.779. The van der Waals surface area contributed by atoms with Crippen molar-refractivity contribution < 1.29 is 0 Å². The lowest BCUT2D eigenvalue weighted by Crippen LogP contribution is -2.19. The number of aromatic nitrogens is 1. The van der Waals surface area contributed by atoms with Gasteiger partial charge in [-0.25, -0.2) is 0 Å². The second-order valence-electron chi connectivity index (χ2n) is 3.80. The fourth-order valence-corrected chi connectivity index (χ4v) is 2.15. The van der Waals surface area contributed by atoms with Crippen LogP contribution in [0.2, 0.25) is 0 Å². The summed E-state index contributed by atoms with van der Waals surface area (Å²) in [6.07, 6.45) is 1.88. The van der Waals surface area contributed by atoms with Crippen molar-refractivity contribution in [1.82, 2.24) is 4.57 Å². The van der Waals surface area contributed by atoms with E-state index in [1.165, 1.54) is 5.56 Å². The van der Waals surface area contributed by atoms with Crippen LogP contribution in [0.5, 0.6) is 0 Å². The zero-order valence-electron chi connectivity index (χ0n) is 8.98. The monoisotopic (exact) mass is 325 g/mol. The molecule has 0 aliphatic rings. The van der Waals surface area contributed by atoms with Gasteiger partial charge in [-0.05, 0) is 41.1 Å². The highest BCUT2D eigenvalue weighted by Gasteiger charge is 1.98. The van der Waals surface area contributed by atoms with Gasteiger partial charge >= 0.3 is 0 Å². The Kier molecular flexibility index (Phi) is 3.43. The molecule has 1 aromatic carbocycles. The van der Waals surface area contributed by atoms with Crippen LogP contribution >= 0.6 is 22.6 Å². The van der Waals surface area contributed by atoms with Gasteiger partial charge in [0.15, 0.2) is 0 Å². The summed E-state index contributed by atoms with van der Waals surface area (Å²) in [5, 5.41) is 0. The molecule has 0 N–H and O–H groups in total. The van der Waals surface area contributed by atoms with Gasteiger partial charge in [-0.3, -0.25) is 4.79 Å². The summed E-state index contributed by atoms with van der Waals surface area (Å²) >= 11 is 2.21. The van der Waals surface area contributed by atoms with Crippen LogP contribution in [0.1, 0.15) is 11.1 Å². The summed E-state index contributed by atoms with van der Waals surface area (Å²) < 4.78 is 2.81. The van der Waals surface area contributed by atoms with E-state index in [9.17, 15) is 4.79 Å². The summed E-state index contributed by atoms with van der Waals surface area (Å²) in [5.74, 6) is 0. The molecule has 0 aliphatic carbocycles. The summed E-state index contributed by atoms with van der Waals surface area (Å²) in [7, 11) is 0. The van der Waals surface area contributed by atoms with Crippen LogP contribution in [0.15, 0.2) is 47.4 Å². The molecule has 0 spiro atoms. The third-order valence-electron chi connectivity index (χ3n) is 2.38. The third-order valence-corrected chi connectivity index (χ3v) is 3.02. The van der Waals surface area contributed by atoms with Crippen molar-refractivity contribution in [3.05, 3.63) is 67.6 Å². The summed E-state index contributed by atoms with van der Waals surface area (Å²) in [6, 6.07) is 11.7. The first-order chi connectivity index (χ1) is 7.65. The third kappa shape index (κ3) is 2.72. The smallest absolute Gasteiger partial charge is 0.250 e. The fourth-order valence-electron chi connectivity index (χ4n) is 1.63. The summed E-state index contributed by atoms with van der Waals surface area (Å²) in [5.41, 5.74) is 2.42. The Hall–Kier alpha value is -1.10. The molecular formula is C13H12INO. The average Bonchev–Trinajstić information content (AvgIpc) is 2.24. The van der Waals surface area contributed by atoms with E-state index in [0.717, 1.165) is 9.13 Å². The first-order valence-electron chi connectivity index (χ1n) is 5.07. The maximum absolute atomic E-state index is 11.6. The van der Waals surface area contributed by atoms with Crippen LogP contribution < -0.4 is 5.56 Å². The van der Waals surface area contributed by atoms with Crippen molar-refractivity contribution in [3.8, 4) is 0 Å². The minimum atomic E-state index is 0.0434. The Labute approximate surface area is 108 Å². The molecule has 0 atom stereocenters. The molecule has 3 heteroatoms. The molecule has 82 valence electrons. The highest BCUT2D eigenvalue weighted by Crippen LogP contribution is 2.06. The van der Waals surface area contributed by atoms with Crippen LogP contribution in [-0.4, -0.2) is 4.57 Å². The Morgan fingerprint density at radius 2 is 2.06 bits per heavy atom. The van der Waals surface area contributed by atoms with Gasteiger partial charge in [0, 0.05) is 15.8 Å². The number of benzene rings is 1. The van der Waals surface area contributed by atoms with Crippen molar-refractivity contribution in [3.63, 3.8) is 0 Å². The molecule has 2 nitrogen and oxygen atoms in total. The van der Waals surface area contributed by atoms with Crippen LogP contribution in [-0.2, 0) is 6.54 Å². The predicted octanol–water partition coefficient (Wildman–Crippen LogP) is 2.81. The Morgan fingerprint density at radius 3 is 2.81 bits per heavy atom. The second kappa shape index (κ2) is 4.82. The molecule has 2 aromatic rings. The Balaban J connectivity index is 2.34. The SMILES string of the molecule is Cc1cccc(Cn2cc(I)ccc2=O)c1. The van der Waals surface area contributed by atoms with E-state index in [-0.39, 0.29) is 5.56 Å². The lowest BCUT2D eigenvalue weighted by Gasteiger charge is -2.06. The standard InChI is InChI=1S/C13H12INO/c1-10-3-2-4-11(7-10)8-15-9-12(14)5-6-13(15)16/h2-7,9H,8H2,1H3. The topological polar surface area (TPSA) is 22.0 Å². The fraction of sp³-hybridized carbons (Fsp3) is 0.154. The van der Waals surface area contributed by atoms with Crippen molar-refractivity contribution in [2.75, 3.05) is 0 Å². The van der Waals surface area contributed by atoms with Crippen LogP contribution in [0.4, 0.5) is 0 Å². The molecule has 0 bridgehead atoms. The van der Waals surface area contributed by atoms with Crippen LogP contribution in [0, 0.1) is 10.5 Å². The largest absolute Gasteiger partial charge is 0.310 e. The minimum Gasteiger partial charge on any atom is -0.310 e. The number of nitrogens with zero attached hydrogens (tertiary/aromatic N) is 1. The first-order valence-corrected chi connectivity index (χ1v) is 6.14. The Bertz CT molecular complexity index is 560. The zero-order valence-corrected chi connectivity index (χ0v) is 11.1. The van der Waals surface area contributed by atoms with Crippen molar-refractivity contribution in [2.45, 2.75) is 13.5 Å². The van der Waals surface area contributed by atoms with E-state index in [0.29, 0.717) is 6.54 Å². The number of halogens is 1. The van der Waals surface area contributed by atoms with Gasteiger partial charge < -0.3 is 4.57 Å². The number of pyridine rings is 1. The highest BCUT2D eigenvalue weighted by atomic mass is 127. The average molecular weight is 325 g/mol. The van der Waals surface area contributed by atoms with E-state index in [1.807, 2.05) is 24.4 Å². The van der Waals surface area contributed by atoms with Crippen molar-refractivity contribution in [1.29, 1.82) is 0 Å². The predicted molar refractivity (Wildman–Crippen MR) is 73.7 cm³/mol. The van der Waals surface area contributed by atoms with Crippen LogP contribution in [0.25, 0.3) is 0 Å². The molecule has 0 aliphatic heterocycles. The van der Waals surface area contributed by atoms with Gasteiger partial charge in [-0.1, -0.05) is 29.8 Å². The molecule has 0 saturated carbocycles. The van der Waals surface area contributed by atoms with Gasteiger partial charge in [-0.2, -0.15) is 0 Å². The van der Waals surface area contributed by atoms with Gasteiger partial charge in [-0.15, -0.1) is 0 Å². The van der Waals surface area contributed by atoms with E-state index >= 15 is 0 Å². The number of rotatable bonds is 2. The maximum Gasteiger partial charge on any atom is 0.250 e. The van der Waals surface area contributed by atoms with Crippen molar-refractivity contribution in [2.24, 2.45) is 0 Å². The van der Waals surface area contributed by atoms with Gasteiger partial charge in [0.1, 0.15) is 0 Å². The molecule has 0 radical (unpaired) electrons. The van der Waals surface area contributed by atoms with E-state index in [4.69, 9.17) is 0 Å². The number of aryl methyl sites for hydroxylation is 1. The van der Waals surface area contributed by atoms with Gasteiger partial charge in [0.05, 0.1) is 6.54 Å². The molecule has 16 heavy (non-hydrogen) atoms. The van der Waals surface area contributed by atoms with Gasteiger partial charge in [0.2, 0.25) is 0 Å². The highest BCUT2D eigenvalue weighted by molar-refractivity contribution is 14.1. The molecule has 2 rings (SSSR count). The van der Waals surface area contributed by atoms with E-state index in [1.54, 1.807) is 10.6 Å². The molecule has 1 aromatic heterocycles. The molecule has 1 heterocycles. The summed E-state index contributed by atoms with van der Waals surface area (Å²) in [6.45, 7) is 2.69. The number of hydrogen-bond acceptors (Lipinski definition) is 1. The minimum absolute atomic E-state index is 0.0434. The van der Waals surface area contributed by atoms with Crippen LogP contribution in [0.3, 0.4) is 0 Å². The Morgan fingerprint density at radius 1 is 1.25 bits per heavy atom. The number of hydrogen-bond donors (Lipinski definition) is 0. The first kappa shape index (κ1) is 11.4. The lowest BCUT2D eigenvalue weighted by atomic mass is 10.1.